The molecule has 3 aromatic rings. The molecule has 1 unspecified atom stereocenters. The summed E-state index contributed by atoms with van der Waals surface area (Å²) >= 11 is 12.1. The molecule has 0 saturated carbocycles. The molecule has 0 radical (unpaired) electrons. The van der Waals surface area contributed by atoms with Crippen LogP contribution in [0.3, 0.4) is 0 Å². The zero-order valence-corrected chi connectivity index (χ0v) is 18.6. The topological polar surface area (TPSA) is 25.4 Å². The number of aromatic nitrogens is 1. The standard InChI is InChI=1S/C25H26Cl2N2O/c1-18(30-25-12-11-22(27)15-28-25)23-13-14-29(16-19-5-3-2-4-6-19)17-24(23)20-7-9-21(26)10-8-20/h2-12,15,18,23-24H,13-14,16-17H2,1H3/t18-,23?,24-/m0/s1. The maximum Gasteiger partial charge on any atom is 0.213 e. The van der Waals surface area contributed by atoms with Gasteiger partial charge >= 0.3 is 0 Å². The quantitative estimate of drug-likeness (QED) is 0.439. The van der Waals surface area contributed by atoms with Gasteiger partial charge in [-0.3, -0.25) is 4.90 Å². The fourth-order valence-corrected chi connectivity index (χ4v) is 4.59. The zero-order chi connectivity index (χ0) is 20.9. The lowest BCUT2D eigenvalue weighted by molar-refractivity contribution is 0.0639. The highest BCUT2D eigenvalue weighted by Gasteiger charge is 2.35. The molecule has 5 heteroatoms. The Hall–Kier alpha value is -2.07. The van der Waals surface area contributed by atoms with Crippen LogP contribution in [0, 0.1) is 5.92 Å². The van der Waals surface area contributed by atoms with E-state index in [2.05, 4.69) is 59.3 Å². The molecule has 30 heavy (non-hydrogen) atoms. The maximum absolute atomic E-state index is 6.22. The van der Waals surface area contributed by atoms with Crippen LogP contribution in [0.15, 0.2) is 72.9 Å². The van der Waals surface area contributed by atoms with Crippen molar-refractivity contribution in [3.63, 3.8) is 0 Å². The summed E-state index contributed by atoms with van der Waals surface area (Å²) in [5, 5.41) is 1.38. The summed E-state index contributed by atoms with van der Waals surface area (Å²) in [6.07, 6.45) is 2.73. The number of hydrogen-bond donors (Lipinski definition) is 0. The minimum absolute atomic E-state index is 0.0400. The third-order valence-corrected chi connectivity index (χ3v) is 6.38. The normalized spacial score (nSPS) is 20.6. The van der Waals surface area contributed by atoms with E-state index in [1.807, 2.05) is 24.3 Å². The van der Waals surface area contributed by atoms with E-state index in [1.54, 1.807) is 6.20 Å². The lowest BCUT2D eigenvalue weighted by atomic mass is 9.77. The fraction of sp³-hybridized carbons (Fsp3) is 0.320. The summed E-state index contributed by atoms with van der Waals surface area (Å²) < 4.78 is 6.22. The molecule has 1 fully saturated rings. The van der Waals surface area contributed by atoms with Crippen molar-refractivity contribution in [1.82, 2.24) is 9.88 Å². The van der Waals surface area contributed by atoms with E-state index in [-0.39, 0.29) is 6.10 Å². The Bertz CT molecular complexity index is 932. The van der Waals surface area contributed by atoms with Crippen LogP contribution >= 0.6 is 23.2 Å². The number of ether oxygens (including phenoxy) is 1. The smallest absolute Gasteiger partial charge is 0.213 e. The predicted octanol–water partition coefficient (Wildman–Crippen LogP) is 6.46. The van der Waals surface area contributed by atoms with Gasteiger partial charge in [-0.1, -0.05) is 65.7 Å². The fourth-order valence-electron chi connectivity index (χ4n) is 4.36. The van der Waals surface area contributed by atoms with Crippen LogP contribution in [0.4, 0.5) is 0 Å². The van der Waals surface area contributed by atoms with Gasteiger partial charge in [0.2, 0.25) is 5.88 Å². The average Bonchev–Trinajstić information content (AvgIpc) is 2.76. The van der Waals surface area contributed by atoms with Crippen LogP contribution in [0.5, 0.6) is 5.88 Å². The molecule has 1 aromatic heterocycles. The van der Waals surface area contributed by atoms with Crippen molar-refractivity contribution in [1.29, 1.82) is 0 Å². The molecule has 0 bridgehead atoms. The molecule has 4 rings (SSSR count). The number of benzene rings is 2. The summed E-state index contributed by atoms with van der Waals surface area (Å²) in [5.74, 6) is 1.37. The van der Waals surface area contributed by atoms with Gasteiger partial charge in [-0.2, -0.15) is 0 Å². The van der Waals surface area contributed by atoms with E-state index in [0.717, 1.165) is 31.1 Å². The molecule has 1 saturated heterocycles. The predicted molar refractivity (Wildman–Crippen MR) is 123 cm³/mol. The Kier molecular flexibility index (Phi) is 6.93. The molecular formula is C25H26Cl2N2O. The number of likely N-dealkylation sites (tertiary alicyclic amines) is 1. The van der Waals surface area contributed by atoms with Gasteiger partial charge in [-0.25, -0.2) is 4.98 Å². The Morgan fingerprint density at radius 2 is 1.73 bits per heavy atom. The molecule has 3 nitrogen and oxygen atoms in total. The zero-order valence-electron chi connectivity index (χ0n) is 17.0. The highest BCUT2D eigenvalue weighted by atomic mass is 35.5. The molecule has 0 amide bonds. The molecule has 3 atom stereocenters. The molecule has 2 aromatic carbocycles. The second-order valence-corrected chi connectivity index (χ2v) is 8.84. The van der Waals surface area contributed by atoms with Gasteiger partial charge in [0.1, 0.15) is 6.10 Å². The van der Waals surface area contributed by atoms with Gasteiger partial charge in [0.15, 0.2) is 0 Å². The summed E-state index contributed by atoms with van der Waals surface area (Å²) in [4.78, 5) is 6.85. The molecule has 0 spiro atoms. The highest BCUT2D eigenvalue weighted by Crippen LogP contribution is 2.37. The van der Waals surface area contributed by atoms with Crippen molar-refractivity contribution in [2.45, 2.75) is 31.9 Å². The number of pyridine rings is 1. The second kappa shape index (κ2) is 9.82. The van der Waals surface area contributed by atoms with E-state index < -0.39 is 0 Å². The Morgan fingerprint density at radius 1 is 1.00 bits per heavy atom. The Morgan fingerprint density at radius 3 is 2.43 bits per heavy atom. The molecule has 2 heterocycles. The van der Waals surface area contributed by atoms with Crippen molar-refractivity contribution < 1.29 is 4.74 Å². The Balaban J connectivity index is 1.52. The van der Waals surface area contributed by atoms with Crippen LogP contribution in [-0.2, 0) is 6.54 Å². The first-order valence-electron chi connectivity index (χ1n) is 10.4. The van der Waals surface area contributed by atoms with Crippen molar-refractivity contribution in [2.75, 3.05) is 13.1 Å². The van der Waals surface area contributed by atoms with Crippen molar-refractivity contribution in [3.8, 4) is 5.88 Å². The number of piperidine rings is 1. The van der Waals surface area contributed by atoms with Gasteiger partial charge in [0.05, 0.1) is 5.02 Å². The first-order chi connectivity index (χ1) is 14.6. The largest absolute Gasteiger partial charge is 0.474 e. The SMILES string of the molecule is C[C@H](Oc1ccc(Cl)cn1)C1CCN(Cc2ccccc2)C[C@H]1c1ccc(Cl)cc1. The van der Waals surface area contributed by atoms with Gasteiger partial charge in [0, 0.05) is 42.2 Å². The van der Waals surface area contributed by atoms with Crippen molar-refractivity contribution in [2.24, 2.45) is 5.92 Å². The van der Waals surface area contributed by atoms with Gasteiger partial charge in [-0.05, 0) is 49.2 Å². The van der Waals surface area contributed by atoms with Crippen molar-refractivity contribution in [3.05, 3.63) is 94.1 Å². The lowest BCUT2D eigenvalue weighted by Gasteiger charge is -2.41. The van der Waals surface area contributed by atoms with Gasteiger partial charge in [0.25, 0.3) is 0 Å². The third-order valence-electron chi connectivity index (χ3n) is 5.91. The molecule has 1 aliphatic heterocycles. The van der Waals surface area contributed by atoms with E-state index >= 15 is 0 Å². The van der Waals surface area contributed by atoms with Crippen LogP contribution < -0.4 is 4.74 Å². The molecule has 0 N–H and O–H groups in total. The first kappa shape index (κ1) is 21.2. The number of halogens is 2. The van der Waals surface area contributed by atoms with E-state index in [1.165, 1.54) is 11.1 Å². The molecule has 0 aliphatic carbocycles. The first-order valence-corrected chi connectivity index (χ1v) is 11.1. The minimum Gasteiger partial charge on any atom is -0.474 e. The highest BCUT2D eigenvalue weighted by molar-refractivity contribution is 6.30. The van der Waals surface area contributed by atoms with Crippen LogP contribution in [0.2, 0.25) is 10.0 Å². The van der Waals surface area contributed by atoms with E-state index in [0.29, 0.717) is 22.7 Å². The summed E-state index contributed by atoms with van der Waals surface area (Å²) in [6.45, 7) is 5.15. The minimum atomic E-state index is 0.0400. The summed E-state index contributed by atoms with van der Waals surface area (Å²) in [7, 11) is 0. The van der Waals surface area contributed by atoms with E-state index in [9.17, 15) is 0 Å². The lowest BCUT2D eigenvalue weighted by Crippen LogP contribution is -2.43. The maximum atomic E-state index is 6.22. The van der Waals surface area contributed by atoms with Crippen LogP contribution in [0.25, 0.3) is 0 Å². The van der Waals surface area contributed by atoms with Gasteiger partial charge < -0.3 is 4.74 Å². The number of hydrogen-bond acceptors (Lipinski definition) is 3. The summed E-state index contributed by atoms with van der Waals surface area (Å²) in [6, 6.07) is 22.6. The third kappa shape index (κ3) is 5.34. The average molecular weight is 441 g/mol. The van der Waals surface area contributed by atoms with Crippen LogP contribution in [-0.4, -0.2) is 29.1 Å². The van der Waals surface area contributed by atoms with E-state index in [4.69, 9.17) is 27.9 Å². The molecule has 156 valence electrons. The number of nitrogens with zero attached hydrogens (tertiary/aromatic N) is 2. The monoisotopic (exact) mass is 440 g/mol. The van der Waals surface area contributed by atoms with Gasteiger partial charge in [-0.15, -0.1) is 0 Å². The molecular weight excluding hydrogens is 415 g/mol. The van der Waals surface area contributed by atoms with Crippen LogP contribution in [0.1, 0.15) is 30.4 Å². The Labute approximate surface area is 188 Å². The molecule has 1 aliphatic rings. The van der Waals surface area contributed by atoms with Crippen molar-refractivity contribution >= 4 is 23.2 Å². The second-order valence-electron chi connectivity index (χ2n) is 7.97. The number of rotatable bonds is 6. The summed E-state index contributed by atoms with van der Waals surface area (Å²) in [5.41, 5.74) is 2.65.